The predicted octanol–water partition coefficient (Wildman–Crippen LogP) is -3.79. The third-order valence-electron chi connectivity index (χ3n) is 1.74. The number of carboxylic acids is 1. The summed E-state index contributed by atoms with van der Waals surface area (Å²) in [5, 5.41) is 12.8. The van der Waals surface area contributed by atoms with Crippen LogP contribution < -0.4 is 40.0 Å². The maximum atomic E-state index is 10.8. The maximum absolute atomic E-state index is 10.8. The fraction of sp³-hybridized carbons (Fsp3) is 0.500. The minimum atomic E-state index is -1.30. The van der Waals surface area contributed by atoms with E-state index in [1.165, 1.54) is 6.92 Å². The van der Waals surface area contributed by atoms with Gasteiger partial charge in [0.15, 0.2) is 0 Å². The summed E-state index contributed by atoms with van der Waals surface area (Å²) in [5.41, 5.74) is -1.30. The summed E-state index contributed by atoms with van der Waals surface area (Å²) < 4.78 is 0. The smallest absolute Gasteiger partial charge is 0.548 e. The summed E-state index contributed by atoms with van der Waals surface area (Å²) in [7, 11) is 0. The van der Waals surface area contributed by atoms with Gasteiger partial charge in [0, 0.05) is 0 Å². The third-order valence-corrected chi connectivity index (χ3v) is 1.74. The van der Waals surface area contributed by atoms with Crippen LogP contribution in [0.4, 0.5) is 0 Å². The molecule has 1 unspecified atom stereocenters. The van der Waals surface area contributed by atoms with E-state index in [2.05, 4.69) is 11.9 Å². The summed E-state index contributed by atoms with van der Waals surface area (Å²) >= 11 is 0. The first kappa shape index (κ1) is 15.2. The van der Waals surface area contributed by atoms with Crippen molar-refractivity contribution in [2.45, 2.75) is 25.8 Å². The fourth-order valence-electron chi connectivity index (χ4n) is 0.607. The van der Waals surface area contributed by atoms with Gasteiger partial charge in [0.1, 0.15) is 0 Å². The van der Waals surface area contributed by atoms with Gasteiger partial charge < -0.3 is 15.2 Å². The van der Waals surface area contributed by atoms with Gasteiger partial charge in [0.05, 0.1) is 11.5 Å². The quantitative estimate of drug-likeness (QED) is 0.368. The molecule has 0 aromatic carbocycles. The Labute approximate surface area is 99.7 Å². The molecule has 68 valence electrons. The normalized spacial score (nSPS) is 13.4. The number of hydrogen-bond donors (Lipinski definition) is 1. The molecule has 0 rings (SSSR count). The molecule has 0 bridgehead atoms. The van der Waals surface area contributed by atoms with Crippen molar-refractivity contribution in [2.75, 3.05) is 0 Å². The van der Waals surface area contributed by atoms with Gasteiger partial charge in [-0.3, -0.25) is 4.79 Å². The zero-order valence-corrected chi connectivity index (χ0v) is 10.2. The van der Waals surface area contributed by atoms with E-state index >= 15 is 0 Å². The summed E-state index contributed by atoms with van der Waals surface area (Å²) in [6.07, 6.45) is 1.30. The van der Waals surface area contributed by atoms with Crippen LogP contribution in [0, 0.1) is 0 Å². The first-order chi connectivity index (χ1) is 5.46. The number of carbonyl (C=O) groups is 2. The third kappa shape index (κ3) is 4.45. The van der Waals surface area contributed by atoms with E-state index < -0.39 is 17.4 Å². The van der Waals surface area contributed by atoms with Crippen LogP contribution >= 0.6 is 0 Å². The Bertz CT molecular complexity index is 217. The molecular formula is C8H12NNaO3. The Morgan fingerprint density at radius 2 is 2.08 bits per heavy atom. The first-order valence-electron chi connectivity index (χ1n) is 3.62. The van der Waals surface area contributed by atoms with E-state index in [1.807, 2.05) is 0 Å². The van der Waals surface area contributed by atoms with Crippen molar-refractivity contribution in [1.82, 2.24) is 5.32 Å². The molecule has 0 aliphatic rings. The average molecular weight is 193 g/mol. The average Bonchev–Trinajstić information content (AvgIpc) is 2.03. The molecule has 4 nitrogen and oxygen atoms in total. The number of aliphatic carboxylic acids is 1. The van der Waals surface area contributed by atoms with Gasteiger partial charge in [0.25, 0.3) is 0 Å². The minimum Gasteiger partial charge on any atom is -0.548 e. The van der Waals surface area contributed by atoms with Crippen molar-refractivity contribution < 1.29 is 44.3 Å². The van der Waals surface area contributed by atoms with Crippen molar-refractivity contribution in [1.29, 1.82) is 0 Å². The van der Waals surface area contributed by atoms with Crippen molar-refractivity contribution >= 4 is 11.9 Å². The van der Waals surface area contributed by atoms with Crippen LogP contribution in [0.1, 0.15) is 20.3 Å². The summed E-state index contributed by atoms with van der Waals surface area (Å²) in [6, 6.07) is 0. The van der Waals surface area contributed by atoms with Crippen molar-refractivity contribution in [2.24, 2.45) is 0 Å². The Balaban J connectivity index is 0. The van der Waals surface area contributed by atoms with E-state index in [0.29, 0.717) is 0 Å². The molecule has 0 aromatic heterocycles. The molecule has 1 atom stereocenters. The van der Waals surface area contributed by atoms with Crippen LogP contribution in [0.25, 0.3) is 0 Å². The molecule has 0 aliphatic carbocycles. The first-order valence-corrected chi connectivity index (χ1v) is 3.62. The Morgan fingerprint density at radius 1 is 1.62 bits per heavy atom. The molecule has 13 heavy (non-hydrogen) atoms. The van der Waals surface area contributed by atoms with E-state index in [1.54, 1.807) is 6.92 Å². The van der Waals surface area contributed by atoms with Crippen LogP contribution in [0.2, 0.25) is 0 Å². The topological polar surface area (TPSA) is 69.2 Å². The molecule has 1 amide bonds. The summed E-state index contributed by atoms with van der Waals surface area (Å²) in [5.74, 6) is -1.80. The second kappa shape index (κ2) is 6.18. The zero-order chi connectivity index (χ0) is 9.78. The van der Waals surface area contributed by atoms with Crippen molar-refractivity contribution in [3.8, 4) is 0 Å². The molecule has 0 fully saturated rings. The van der Waals surface area contributed by atoms with Crippen LogP contribution in [0.15, 0.2) is 12.7 Å². The van der Waals surface area contributed by atoms with E-state index in [0.717, 1.165) is 6.08 Å². The van der Waals surface area contributed by atoms with Gasteiger partial charge in [-0.15, -0.1) is 0 Å². The van der Waals surface area contributed by atoms with Gasteiger partial charge in [-0.1, -0.05) is 13.5 Å². The molecule has 0 saturated heterocycles. The predicted molar refractivity (Wildman–Crippen MR) is 42.0 cm³/mol. The summed E-state index contributed by atoms with van der Waals surface area (Å²) in [6.45, 7) is 6.26. The van der Waals surface area contributed by atoms with Gasteiger partial charge in [-0.25, -0.2) is 0 Å². The number of carbonyl (C=O) groups excluding carboxylic acids is 2. The SMILES string of the molecule is C=CC(=O)NC(C)(CC)C(=O)[O-].[Na+]. The molecule has 0 spiro atoms. The van der Waals surface area contributed by atoms with Gasteiger partial charge in [-0.2, -0.15) is 0 Å². The molecule has 0 aromatic rings. The molecule has 5 heteroatoms. The van der Waals surface area contributed by atoms with Crippen LogP contribution in [0.5, 0.6) is 0 Å². The molecule has 0 saturated carbocycles. The standard InChI is InChI=1S/C8H13NO3.Na/c1-4-6(10)9-8(3,5-2)7(11)12;/h4H,1,5H2,2-3H3,(H,9,10)(H,11,12);/q;+1/p-1. The van der Waals surface area contributed by atoms with Gasteiger partial charge in [-0.05, 0) is 19.4 Å². The number of hydrogen-bond acceptors (Lipinski definition) is 3. The monoisotopic (exact) mass is 193 g/mol. The minimum absolute atomic E-state index is 0. The molecule has 1 N–H and O–H groups in total. The molecule has 0 aliphatic heterocycles. The number of nitrogens with one attached hydrogen (secondary N) is 1. The number of carboxylic acid groups (broad SMARTS) is 1. The molecule has 0 heterocycles. The molecular weight excluding hydrogens is 181 g/mol. The van der Waals surface area contributed by atoms with E-state index in [-0.39, 0.29) is 36.0 Å². The van der Waals surface area contributed by atoms with E-state index in [9.17, 15) is 14.7 Å². The zero-order valence-electron chi connectivity index (χ0n) is 8.22. The van der Waals surface area contributed by atoms with E-state index in [4.69, 9.17) is 0 Å². The van der Waals surface area contributed by atoms with Gasteiger partial charge >= 0.3 is 29.6 Å². The van der Waals surface area contributed by atoms with Crippen molar-refractivity contribution in [3.05, 3.63) is 12.7 Å². The Hall–Kier alpha value is -0.320. The number of amides is 1. The summed E-state index contributed by atoms with van der Waals surface area (Å²) in [4.78, 5) is 21.3. The second-order valence-corrected chi connectivity index (χ2v) is 2.67. The van der Waals surface area contributed by atoms with Crippen LogP contribution in [0.3, 0.4) is 0 Å². The van der Waals surface area contributed by atoms with Gasteiger partial charge in [0.2, 0.25) is 5.91 Å². The van der Waals surface area contributed by atoms with Crippen molar-refractivity contribution in [3.63, 3.8) is 0 Å². The van der Waals surface area contributed by atoms with Crippen LogP contribution in [-0.4, -0.2) is 17.4 Å². The molecule has 0 radical (unpaired) electrons. The largest absolute Gasteiger partial charge is 1.00 e. The fourth-order valence-corrected chi connectivity index (χ4v) is 0.607. The Kier molecular flexibility index (Phi) is 7.21. The van der Waals surface area contributed by atoms with Crippen LogP contribution in [-0.2, 0) is 9.59 Å². The second-order valence-electron chi connectivity index (χ2n) is 2.67. The maximum Gasteiger partial charge on any atom is 1.00 e. The Morgan fingerprint density at radius 3 is 2.31 bits per heavy atom. The number of rotatable bonds is 4.